The number of hydrazone groups is 1. The molecule has 16 heavy (non-hydrogen) atoms. The minimum absolute atomic E-state index is 0.0296. The Morgan fingerprint density at radius 1 is 1.50 bits per heavy atom. The van der Waals surface area contributed by atoms with Gasteiger partial charge in [0.25, 0.3) is 0 Å². The van der Waals surface area contributed by atoms with Crippen LogP contribution in [0.4, 0.5) is 8.78 Å². The van der Waals surface area contributed by atoms with Crippen molar-refractivity contribution in [3.63, 3.8) is 0 Å². The van der Waals surface area contributed by atoms with Crippen LogP contribution in [-0.2, 0) is 11.3 Å². The molecule has 1 rings (SSSR count). The molecule has 0 saturated carbocycles. The molecule has 0 amide bonds. The molecule has 0 saturated heterocycles. The predicted molar refractivity (Wildman–Crippen MR) is 52.5 cm³/mol. The number of hydrogen-bond donors (Lipinski definition) is 3. The molecule has 0 radical (unpaired) electrons. The van der Waals surface area contributed by atoms with E-state index in [1.54, 1.807) is 0 Å². The van der Waals surface area contributed by atoms with Crippen molar-refractivity contribution in [2.75, 3.05) is 0 Å². The zero-order chi connectivity index (χ0) is 12.1. The van der Waals surface area contributed by atoms with E-state index in [-0.39, 0.29) is 12.1 Å². The Balaban J connectivity index is 2.65. The lowest BCUT2D eigenvalue weighted by atomic mass is 10.2. The smallest absolute Gasteiger partial charge is 0.373 e. The molecule has 0 bridgehead atoms. The zero-order valence-electron chi connectivity index (χ0n) is 8.08. The number of carbonyl (C=O) groups is 1. The van der Waals surface area contributed by atoms with Crippen molar-refractivity contribution in [3.8, 4) is 0 Å². The Hall–Kier alpha value is -2.18. The van der Waals surface area contributed by atoms with Crippen LogP contribution in [0.3, 0.4) is 0 Å². The lowest BCUT2D eigenvalue weighted by Gasteiger charge is -2.03. The largest absolute Gasteiger partial charge is 0.475 e. The Labute approximate surface area is 89.6 Å². The summed E-state index contributed by atoms with van der Waals surface area (Å²) in [4.78, 5) is 10.2. The summed E-state index contributed by atoms with van der Waals surface area (Å²) < 4.78 is 25.8. The molecule has 0 aromatic heterocycles. The van der Waals surface area contributed by atoms with Gasteiger partial charge in [-0.05, 0) is 18.2 Å². The zero-order valence-corrected chi connectivity index (χ0v) is 8.08. The number of rotatable bonds is 3. The average molecular weight is 229 g/mol. The normalized spacial score (nSPS) is 11.2. The van der Waals surface area contributed by atoms with Gasteiger partial charge in [-0.2, -0.15) is 5.10 Å². The molecular formula is C9H9F2N3O2. The molecule has 0 aliphatic rings. The first-order valence-corrected chi connectivity index (χ1v) is 4.24. The summed E-state index contributed by atoms with van der Waals surface area (Å²) >= 11 is 0. The third-order valence-electron chi connectivity index (χ3n) is 1.70. The third-order valence-corrected chi connectivity index (χ3v) is 1.70. The Bertz CT molecular complexity index is 435. The van der Waals surface area contributed by atoms with E-state index in [4.69, 9.17) is 10.8 Å². The topological polar surface area (TPSA) is 87.7 Å². The van der Waals surface area contributed by atoms with Crippen LogP contribution < -0.4 is 11.2 Å². The summed E-state index contributed by atoms with van der Waals surface area (Å²) in [6.07, 6.45) is 0. The molecule has 0 fully saturated rings. The van der Waals surface area contributed by atoms with Crippen LogP contribution in [0, 0.1) is 11.6 Å². The van der Waals surface area contributed by atoms with Gasteiger partial charge in [-0.1, -0.05) is 0 Å². The van der Waals surface area contributed by atoms with Gasteiger partial charge in [-0.15, -0.1) is 0 Å². The number of amidine groups is 1. The molecular weight excluding hydrogens is 220 g/mol. The maximum Gasteiger partial charge on any atom is 0.373 e. The molecule has 0 atom stereocenters. The molecule has 1 aromatic carbocycles. The van der Waals surface area contributed by atoms with Crippen molar-refractivity contribution in [3.05, 3.63) is 35.4 Å². The Morgan fingerprint density at radius 3 is 2.81 bits per heavy atom. The second-order valence-corrected chi connectivity index (χ2v) is 2.87. The lowest BCUT2D eigenvalue weighted by molar-refractivity contribution is -0.129. The van der Waals surface area contributed by atoms with Crippen molar-refractivity contribution >= 4 is 11.8 Å². The van der Waals surface area contributed by atoms with E-state index in [1.165, 1.54) is 0 Å². The van der Waals surface area contributed by atoms with Gasteiger partial charge in [-0.3, -0.25) is 0 Å². The van der Waals surface area contributed by atoms with E-state index in [2.05, 4.69) is 10.5 Å². The number of aliphatic carboxylic acids is 1. The molecule has 0 heterocycles. The van der Waals surface area contributed by atoms with Crippen molar-refractivity contribution in [2.45, 2.75) is 6.54 Å². The highest BCUT2D eigenvalue weighted by Gasteiger charge is 2.04. The quantitative estimate of drug-likeness (QED) is 0.398. The second-order valence-electron chi connectivity index (χ2n) is 2.87. The number of carboxylic acid groups (broad SMARTS) is 1. The van der Waals surface area contributed by atoms with Crippen LogP contribution in [0.15, 0.2) is 23.3 Å². The highest BCUT2D eigenvalue weighted by molar-refractivity contribution is 6.33. The third kappa shape index (κ3) is 3.19. The van der Waals surface area contributed by atoms with Crippen molar-refractivity contribution < 1.29 is 18.7 Å². The first kappa shape index (κ1) is 11.9. The van der Waals surface area contributed by atoms with E-state index >= 15 is 0 Å². The molecule has 4 N–H and O–H groups in total. The summed E-state index contributed by atoms with van der Waals surface area (Å²) in [5, 5.41) is 11.6. The summed E-state index contributed by atoms with van der Waals surface area (Å²) in [6.45, 7) is -0.155. The van der Waals surface area contributed by atoms with Crippen molar-refractivity contribution in [1.82, 2.24) is 5.43 Å². The molecule has 0 aliphatic heterocycles. The molecule has 0 aliphatic carbocycles. The van der Waals surface area contributed by atoms with Gasteiger partial charge >= 0.3 is 5.97 Å². The monoisotopic (exact) mass is 229 g/mol. The Kier molecular flexibility index (Phi) is 3.76. The SMILES string of the molecule is N/C(=N\NCc1cc(F)ccc1F)C(=O)O. The highest BCUT2D eigenvalue weighted by atomic mass is 19.1. The van der Waals surface area contributed by atoms with E-state index in [0.717, 1.165) is 18.2 Å². The van der Waals surface area contributed by atoms with Crippen molar-refractivity contribution in [1.29, 1.82) is 0 Å². The minimum Gasteiger partial charge on any atom is -0.475 e. The van der Waals surface area contributed by atoms with Gasteiger partial charge in [0.05, 0.1) is 6.54 Å². The first-order valence-electron chi connectivity index (χ1n) is 4.24. The van der Waals surface area contributed by atoms with Gasteiger partial charge < -0.3 is 16.3 Å². The summed E-state index contributed by atoms with van der Waals surface area (Å²) in [5.74, 6) is -3.25. The molecule has 86 valence electrons. The van der Waals surface area contributed by atoms with Crippen LogP contribution in [0.2, 0.25) is 0 Å². The van der Waals surface area contributed by atoms with E-state index in [9.17, 15) is 13.6 Å². The number of carboxylic acids is 1. The average Bonchev–Trinajstić information content (AvgIpc) is 2.22. The van der Waals surface area contributed by atoms with Gasteiger partial charge in [0.1, 0.15) is 11.6 Å². The minimum atomic E-state index is -1.40. The maximum atomic E-state index is 13.0. The predicted octanol–water partition coefficient (Wildman–Crippen LogP) is 0.411. The molecule has 5 nitrogen and oxygen atoms in total. The Morgan fingerprint density at radius 2 is 2.19 bits per heavy atom. The highest BCUT2D eigenvalue weighted by Crippen LogP contribution is 2.08. The van der Waals surface area contributed by atoms with Crippen LogP contribution >= 0.6 is 0 Å². The molecule has 1 aromatic rings. The summed E-state index contributed by atoms with van der Waals surface area (Å²) in [6, 6.07) is 2.93. The van der Waals surface area contributed by atoms with Gasteiger partial charge in [-0.25, -0.2) is 13.6 Å². The maximum absolute atomic E-state index is 13.0. The number of nitrogens with zero attached hydrogens (tertiary/aromatic N) is 1. The first-order chi connectivity index (χ1) is 7.50. The fourth-order valence-corrected chi connectivity index (χ4v) is 0.936. The van der Waals surface area contributed by atoms with Crippen LogP contribution in [0.5, 0.6) is 0 Å². The lowest BCUT2D eigenvalue weighted by Crippen LogP contribution is -2.26. The van der Waals surface area contributed by atoms with Gasteiger partial charge in [0.15, 0.2) is 0 Å². The summed E-state index contributed by atoms with van der Waals surface area (Å²) in [5.41, 5.74) is 7.22. The van der Waals surface area contributed by atoms with E-state index in [0.29, 0.717) is 0 Å². The number of nitrogens with two attached hydrogens (primary N) is 1. The standard InChI is InChI=1S/C9H9F2N3O2/c10-6-1-2-7(11)5(3-6)4-13-14-8(12)9(15)16/h1-3,13H,4H2,(H2,12,14)(H,15,16). The number of hydrogen-bond acceptors (Lipinski definition) is 3. The number of halogens is 2. The van der Waals surface area contributed by atoms with Crippen LogP contribution in [0.25, 0.3) is 0 Å². The van der Waals surface area contributed by atoms with Gasteiger partial charge in [0.2, 0.25) is 5.84 Å². The number of benzene rings is 1. The van der Waals surface area contributed by atoms with Crippen molar-refractivity contribution in [2.24, 2.45) is 10.8 Å². The summed E-state index contributed by atoms with van der Waals surface area (Å²) in [7, 11) is 0. The van der Waals surface area contributed by atoms with Crippen LogP contribution in [-0.4, -0.2) is 16.9 Å². The van der Waals surface area contributed by atoms with Crippen LogP contribution in [0.1, 0.15) is 5.56 Å². The molecule has 0 unspecified atom stereocenters. The fourth-order valence-electron chi connectivity index (χ4n) is 0.936. The fraction of sp³-hybridized carbons (Fsp3) is 0.111. The van der Waals surface area contributed by atoms with E-state index < -0.39 is 23.4 Å². The van der Waals surface area contributed by atoms with Gasteiger partial charge in [0, 0.05) is 5.56 Å². The second kappa shape index (κ2) is 5.06. The number of nitrogens with one attached hydrogen (secondary N) is 1. The molecule has 0 spiro atoms. The van der Waals surface area contributed by atoms with E-state index in [1.807, 2.05) is 0 Å². The molecule has 7 heteroatoms.